The summed E-state index contributed by atoms with van der Waals surface area (Å²) in [4.78, 5) is 23.6. The highest BCUT2D eigenvalue weighted by atomic mass is 16.5. The van der Waals surface area contributed by atoms with E-state index >= 15 is 0 Å². The summed E-state index contributed by atoms with van der Waals surface area (Å²) >= 11 is 0. The lowest BCUT2D eigenvalue weighted by Crippen LogP contribution is -2.13. The number of nitrogens with one attached hydrogen (secondary N) is 2. The van der Waals surface area contributed by atoms with Gasteiger partial charge in [-0.2, -0.15) is 10.5 Å². The van der Waals surface area contributed by atoms with Gasteiger partial charge in [-0.05, 0) is 41.1 Å². The third-order valence-electron chi connectivity index (χ3n) is 4.09. The van der Waals surface area contributed by atoms with E-state index in [0.29, 0.717) is 33.3 Å². The summed E-state index contributed by atoms with van der Waals surface area (Å²) in [7, 11) is 0. The Hall–Kier alpha value is -4.59. The van der Waals surface area contributed by atoms with Crippen LogP contribution in [0.4, 0.5) is 5.69 Å². The predicted octanol–water partition coefficient (Wildman–Crippen LogP) is 1.76. The minimum Gasteiger partial charge on any atom is -0.481 e. The number of tetrazole rings is 1. The Morgan fingerprint density at radius 1 is 1.24 bits per heavy atom. The van der Waals surface area contributed by atoms with Crippen LogP contribution in [0.25, 0.3) is 22.4 Å². The molecule has 0 radical (unpaired) electrons. The Bertz CT molecular complexity index is 1270. The largest absolute Gasteiger partial charge is 0.481 e. The van der Waals surface area contributed by atoms with Crippen molar-refractivity contribution >= 4 is 28.5 Å². The molecule has 0 fully saturated rings. The summed E-state index contributed by atoms with van der Waals surface area (Å²) < 4.78 is 5.18. The van der Waals surface area contributed by atoms with Crippen LogP contribution in [-0.4, -0.2) is 42.8 Å². The van der Waals surface area contributed by atoms with Crippen molar-refractivity contribution in [2.24, 2.45) is 0 Å². The van der Waals surface area contributed by atoms with E-state index in [2.05, 4.69) is 31.1 Å². The molecule has 2 aromatic heterocycles. The minimum absolute atomic E-state index is 0.0327. The van der Waals surface area contributed by atoms with Gasteiger partial charge in [0.1, 0.15) is 0 Å². The van der Waals surface area contributed by atoms with Crippen molar-refractivity contribution in [1.29, 1.82) is 5.26 Å². The van der Waals surface area contributed by atoms with E-state index in [1.54, 1.807) is 18.2 Å². The van der Waals surface area contributed by atoms with E-state index in [1.807, 2.05) is 6.07 Å². The maximum atomic E-state index is 12.8. The first-order valence-electron chi connectivity index (χ1n) is 8.24. The zero-order valence-corrected chi connectivity index (χ0v) is 14.6. The van der Waals surface area contributed by atoms with Crippen LogP contribution in [0.3, 0.4) is 0 Å². The highest BCUT2D eigenvalue weighted by molar-refractivity contribution is 6.11. The second-order valence-corrected chi connectivity index (χ2v) is 5.99. The van der Waals surface area contributed by atoms with Gasteiger partial charge in [-0.15, -0.1) is 10.2 Å². The van der Waals surface area contributed by atoms with E-state index < -0.39 is 11.9 Å². The number of aliphatic carboxylic acids is 1. The number of hydrogen-bond acceptors (Lipinski definition) is 8. The van der Waals surface area contributed by atoms with Gasteiger partial charge in [0.15, 0.2) is 11.3 Å². The van der Waals surface area contributed by atoms with Crippen LogP contribution in [0.5, 0.6) is 0 Å². The van der Waals surface area contributed by atoms with Gasteiger partial charge in [0, 0.05) is 5.56 Å². The Labute approximate surface area is 161 Å². The van der Waals surface area contributed by atoms with Crippen LogP contribution in [0, 0.1) is 11.3 Å². The molecule has 0 bridgehead atoms. The Kier molecular flexibility index (Phi) is 4.42. The number of rotatable bonds is 5. The Balaban J connectivity index is 1.67. The summed E-state index contributed by atoms with van der Waals surface area (Å²) in [6.07, 6.45) is -0.169. The van der Waals surface area contributed by atoms with Crippen LogP contribution in [0.15, 0.2) is 40.9 Å². The molecular formula is C18H11N7O4. The molecule has 1 amide bonds. The number of H-pyrrole nitrogens is 1. The lowest BCUT2D eigenvalue weighted by molar-refractivity contribution is -0.136. The molecule has 3 N–H and O–H groups in total. The lowest BCUT2D eigenvalue weighted by atomic mass is 10.1. The van der Waals surface area contributed by atoms with Gasteiger partial charge in [-0.1, -0.05) is 11.2 Å². The molecule has 11 nitrogen and oxygen atoms in total. The molecule has 0 aliphatic rings. The molecule has 11 heteroatoms. The molecule has 0 aliphatic heterocycles. The average molecular weight is 389 g/mol. The number of carboxylic acid groups (broad SMARTS) is 1. The smallest absolute Gasteiger partial charge is 0.307 e. The van der Waals surface area contributed by atoms with E-state index in [4.69, 9.17) is 14.9 Å². The number of carbonyl (C=O) groups excluding carboxylic acids is 1. The third kappa shape index (κ3) is 3.50. The maximum absolute atomic E-state index is 12.8. The fraction of sp³-hybridized carbons (Fsp3) is 0.0556. The van der Waals surface area contributed by atoms with Gasteiger partial charge >= 0.3 is 5.97 Å². The number of nitriles is 1. The number of hydrogen-bond donors (Lipinski definition) is 3. The first-order chi connectivity index (χ1) is 14.0. The Morgan fingerprint density at radius 2 is 2.10 bits per heavy atom. The molecule has 0 saturated carbocycles. The molecule has 0 unspecified atom stereocenters. The zero-order valence-electron chi connectivity index (χ0n) is 14.6. The molecule has 0 aliphatic carbocycles. The van der Waals surface area contributed by atoms with Crippen molar-refractivity contribution in [1.82, 2.24) is 25.8 Å². The molecule has 2 heterocycles. The minimum atomic E-state index is -0.975. The van der Waals surface area contributed by atoms with E-state index in [1.165, 1.54) is 18.2 Å². The second-order valence-electron chi connectivity index (χ2n) is 5.99. The maximum Gasteiger partial charge on any atom is 0.307 e. The molecule has 0 saturated heterocycles. The first-order valence-corrected chi connectivity index (χ1v) is 8.24. The lowest BCUT2D eigenvalue weighted by Gasteiger charge is -2.08. The third-order valence-corrected chi connectivity index (χ3v) is 4.09. The first kappa shape index (κ1) is 17.8. The molecule has 0 atom stereocenters. The van der Waals surface area contributed by atoms with Crippen molar-refractivity contribution in [2.75, 3.05) is 5.32 Å². The molecular weight excluding hydrogens is 378 g/mol. The fourth-order valence-electron chi connectivity index (χ4n) is 2.80. The standard InChI is InChI=1S/C18H11N7O4/c19-8-10-2-4-13(12(5-10)17-21-24-25-22-17)20-18(28)16-11-3-1-9(7-15(26)27)6-14(11)29-23-16/h1-6H,7H2,(H,20,28)(H,26,27)(H,21,22,24,25). The second kappa shape index (κ2) is 7.20. The number of benzene rings is 2. The topological polar surface area (TPSA) is 171 Å². The molecule has 142 valence electrons. The Morgan fingerprint density at radius 3 is 2.83 bits per heavy atom. The number of nitrogens with zero attached hydrogens (tertiary/aromatic N) is 5. The number of fused-ring (bicyclic) bond motifs is 1. The van der Waals surface area contributed by atoms with E-state index in [-0.39, 0.29) is 17.9 Å². The highest BCUT2D eigenvalue weighted by Crippen LogP contribution is 2.27. The van der Waals surface area contributed by atoms with Crippen molar-refractivity contribution in [3.63, 3.8) is 0 Å². The number of carboxylic acids is 1. The average Bonchev–Trinajstić information content (AvgIpc) is 3.37. The summed E-state index contributed by atoms with van der Waals surface area (Å²) in [5.41, 5.74) is 1.98. The van der Waals surface area contributed by atoms with Crippen molar-refractivity contribution in [2.45, 2.75) is 6.42 Å². The van der Waals surface area contributed by atoms with Gasteiger partial charge in [0.2, 0.25) is 5.82 Å². The normalized spacial score (nSPS) is 10.6. The van der Waals surface area contributed by atoms with E-state index in [0.717, 1.165) is 0 Å². The number of amides is 1. The monoisotopic (exact) mass is 389 g/mol. The zero-order chi connectivity index (χ0) is 20.4. The molecule has 4 rings (SSSR count). The number of aromatic nitrogens is 5. The van der Waals surface area contributed by atoms with Gasteiger partial charge in [0.05, 0.1) is 29.1 Å². The molecule has 0 spiro atoms. The number of aromatic amines is 1. The molecule has 29 heavy (non-hydrogen) atoms. The van der Waals surface area contributed by atoms with Crippen LogP contribution < -0.4 is 5.32 Å². The van der Waals surface area contributed by atoms with Crippen LogP contribution in [0.2, 0.25) is 0 Å². The van der Waals surface area contributed by atoms with Crippen molar-refractivity contribution in [3.05, 3.63) is 53.2 Å². The van der Waals surface area contributed by atoms with Crippen LogP contribution >= 0.6 is 0 Å². The van der Waals surface area contributed by atoms with Crippen LogP contribution in [-0.2, 0) is 11.2 Å². The van der Waals surface area contributed by atoms with Crippen LogP contribution in [0.1, 0.15) is 21.6 Å². The summed E-state index contributed by atoms with van der Waals surface area (Å²) in [5.74, 6) is -1.32. The van der Waals surface area contributed by atoms with Gasteiger partial charge in [0.25, 0.3) is 5.91 Å². The molecule has 4 aromatic rings. The predicted molar refractivity (Wildman–Crippen MR) is 97.6 cm³/mol. The quantitative estimate of drug-likeness (QED) is 0.460. The number of anilines is 1. The van der Waals surface area contributed by atoms with Gasteiger partial charge in [-0.25, -0.2) is 0 Å². The van der Waals surface area contributed by atoms with Crippen molar-refractivity contribution < 1.29 is 19.2 Å². The summed E-state index contributed by atoms with van der Waals surface area (Å²) in [6, 6.07) is 11.3. The summed E-state index contributed by atoms with van der Waals surface area (Å²) in [5, 5.41) is 38.5. The van der Waals surface area contributed by atoms with E-state index in [9.17, 15) is 9.59 Å². The van der Waals surface area contributed by atoms with Gasteiger partial charge in [-0.3, -0.25) is 9.59 Å². The number of carbonyl (C=O) groups is 2. The highest BCUT2D eigenvalue weighted by Gasteiger charge is 2.19. The SMILES string of the molecule is N#Cc1ccc(NC(=O)c2noc3cc(CC(=O)O)ccc23)c(-c2nn[nH]n2)c1. The summed E-state index contributed by atoms with van der Waals surface area (Å²) in [6.45, 7) is 0. The van der Waals surface area contributed by atoms with Crippen molar-refractivity contribution in [3.8, 4) is 17.5 Å². The van der Waals surface area contributed by atoms with Gasteiger partial charge < -0.3 is 14.9 Å². The fourth-order valence-corrected chi connectivity index (χ4v) is 2.80. The molecule has 2 aromatic carbocycles.